The third-order valence-electron chi connectivity index (χ3n) is 5.41. The Labute approximate surface area is 169 Å². The highest BCUT2D eigenvalue weighted by molar-refractivity contribution is 6.11. The van der Waals surface area contributed by atoms with E-state index in [-0.39, 0.29) is 30.4 Å². The van der Waals surface area contributed by atoms with Gasteiger partial charge in [0.25, 0.3) is 11.5 Å². The van der Waals surface area contributed by atoms with Crippen LogP contribution in [0.1, 0.15) is 21.6 Å². The maximum Gasteiger partial charge on any atom is 0.272 e. The van der Waals surface area contributed by atoms with Gasteiger partial charge in [0.05, 0.1) is 23.8 Å². The smallest absolute Gasteiger partial charge is 0.272 e. The lowest BCUT2D eigenvalue weighted by atomic mass is 10.0. The molecule has 3 N–H and O–H groups in total. The van der Waals surface area contributed by atoms with Crippen molar-refractivity contribution in [1.29, 1.82) is 0 Å². The molecule has 9 heteroatoms. The molecule has 0 fully saturated rings. The van der Waals surface area contributed by atoms with Gasteiger partial charge in [0.2, 0.25) is 0 Å². The summed E-state index contributed by atoms with van der Waals surface area (Å²) in [7, 11) is 1.74. The standard InChI is InChI=1S/C21H17FN6O2/c1-27-20(28-10-12-6-13(22)3-5-14(12)21(28)30)17(9-24-27)11-2-4-15-16(7-11)18(8-23)25-26-19(15)29/h2-7,9H,8,10,23H2,1H3,(H,26,29). The molecule has 0 radical (unpaired) electrons. The lowest BCUT2D eigenvalue weighted by molar-refractivity contribution is 0.0995. The lowest BCUT2D eigenvalue weighted by Crippen LogP contribution is -2.26. The van der Waals surface area contributed by atoms with Crippen LogP contribution in [0.25, 0.3) is 21.9 Å². The second kappa shape index (κ2) is 6.60. The normalized spacial score (nSPS) is 13.3. The number of rotatable bonds is 3. The van der Waals surface area contributed by atoms with Crippen LogP contribution in [-0.4, -0.2) is 25.9 Å². The Balaban J connectivity index is 1.65. The molecule has 4 aromatic rings. The summed E-state index contributed by atoms with van der Waals surface area (Å²) in [4.78, 5) is 26.7. The van der Waals surface area contributed by atoms with Gasteiger partial charge in [-0.2, -0.15) is 10.2 Å². The van der Waals surface area contributed by atoms with Gasteiger partial charge in [0.15, 0.2) is 0 Å². The monoisotopic (exact) mass is 404 g/mol. The third kappa shape index (κ3) is 2.63. The molecule has 0 spiro atoms. The van der Waals surface area contributed by atoms with Gasteiger partial charge in [-0.1, -0.05) is 6.07 Å². The van der Waals surface area contributed by atoms with Crippen molar-refractivity contribution >= 4 is 22.5 Å². The number of aromatic amines is 1. The van der Waals surface area contributed by atoms with Gasteiger partial charge >= 0.3 is 0 Å². The largest absolute Gasteiger partial charge is 0.325 e. The molecule has 5 rings (SSSR count). The van der Waals surface area contributed by atoms with E-state index in [1.807, 2.05) is 6.07 Å². The summed E-state index contributed by atoms with van der Waals surface area (Å²) in [6.45, 7) is 0.420. The van der Waals surface area contributed by atoms with E-state index < -0.39 is 0 Å². The molecule has 150 valence electrons. The van der Waals surface area contributed by atoms with Gasteiger partial charge in [-0.25, -0.2) is 9.49 Å². The number of hydrogen-bond acceptors (Lipinski definition) is 5. The molecule has 0 unspecified atom stereocenters. The first-order chi connectivity index (χ1) is 14.5. The Kier molecular flexibility index (Phi) is 4.00. The summed E-state index contributed by atoms with van der Waals surface area (Å²) in [5, 5.41) is 11.9. The topological polar surface area (TPSA) is 110 Å². The molecule has 3 heterocycles. The van der Waals surface area contributed by atoms with Crippen LogP contribution in [0.5, 0.6) is 0 Å². The lowest BCUT2D eigenvalue weighted by Gasteiger charge is -2.18. The summed E-state index contributed by atoms with van der Waals surface area (Å²) >= 11 is 0. The van der Waals surface area contributed by atoms with Gasteiger partial charge in [-0.05, 0) is 41.5 Å². The Morgan fingerprint density at radius 1 is 1.13 bits per heavy atom. The highest BCUT2D eigenvalue weighted by atomic mass is 19.1. The first-order valence-electron chi connectivity index (χ1n) is 9.32. The van der Waals surface area contributed by atoms with E-state index in [4.69, 9.17) is 5.73 Å². The summed E-state index contributed by atoms with van der Waals surface area (Å²) in [5.74, 6) is -0.00496. The zero-order valence-electron chi connectivity index (χ0n) is 16.0. The average Bonchev–Trinajstić information content (AvgIpc) is 3.27. The number of anilines is 1. The number of nitrogens with zero attached hydrogens (tertiary/aromatic N) is 4. The van der Waals surface area contributed by atoms with Gasteiger partial charge in [0.1, 0.15) is 11.6 Å². The first-order valence-corrected chi connectivity index (χ1v) is 9.32. The van der Waals surface area contributed by atoms with Crippen LogP contribution in [-0.2, 0) is 20.1 Å². The number of amides is 1. The molecule has 0 atom stereocenters. The number of aryl methyl sites for hydroxylation is 1. The minimum Gasteiger partial charge on any atom is -0.325 e. The van der Waals surface area contributed by atoms with Gasteiger partial charge in [-0.3, -0.25) is 19.2 Å². The minimum atomic E-state index is -0.379. The number of nitrogens with two attached hydrogens (primary N) is 1. The molecule has 1 amide bonds. The van der Waals surface area contributed by atoms with E-state index in [1.165, 1.54) is 18.2 Å². The molecular weight excluding hydrogens is 387 g/mol. The quantitative estimate of drug-likeness (QED) is 0.543. The van der Waals surface area contributed by atoms with E-state index >= 15 is 0 Å². The van der Waals surface area contributed by atoms with Gasteiger partial charge < -0.3 is 5.73 Å². The minimum absolute atomic E-state index is 0.169. The summed E-state index contributed by atoms with van der Waals surface area (Å²) in [6.07, 6.45) is 1.66. The maximum absolute atomic E-state index is 13.6. The van der Waals surface area contributed by atoms with Crippen molar-refractivity contribution in [2.45, 2.75) is 13.1 Å². The number of halogens is 1. The van der Waals surface area contributed by atoms with Gasteiger partial charge in [0, 0.05) is 30.1 Å². The van der Waals surface area contributed by atoms with Crippen LogP contribution in [0.2, 0.25) is 0 Å². The summed E-state index contributed by atoms with van der Waals surface area (Å²) < 4.78 is 15.3. The fourth-order valence-corrected chi connectivity index (χ4v) is 3.96. The number of nitrogens with one attached hydrogen (secondary N) is 1. The van der Waals surface area contributed by atoms with Crippen LogP contribution in [0.3, 0.4) is 0 Å². The molecule has 2 aromatic heterocycles. The number of carbonyl (C=O) groups excluding carboxylic acids is 1. The molecule has 8 nitrogen and oxygen atoms in total. The number of fused-ring (bicyclic) bond motifs is 2. The number of carbonyl (C=O) groups is 1. The SMILES string of the molecule is Cn1ncc(-c2ccc3c(=O)[nH]nc(CN)c3c2)c1N1Cc2cc(F)ccc2C1=O. The van der Waals surface area contributed by atoms with E-state index in [9.17, 15) is 14.0 Å². The second-order valence-electron chi connectivity index (χ2n) is 7.16. The molecule has 30 heavy (non-hydrogen) atoms. The van der Waals surface area contributed by atoms with E-state index in [0.29, 0.717) is 39.0 Å². The zero-order valence-corrected chi connectivity index (χ0v) is 16.0. The van der Waals surface area contributed by atoms with Crippen LogP contribution in [0, 0.1) is 5.82 Å². The molecule has 0 saturated heterocycles. The predicted octanol–water partition coefficient (Wildman–Crippen LogP) is 2.08. The Hall–Kier alpha value is -3.85. The molecule has 0 saturated carbocycles. The van der Waals surface area contributed by atoms with Crippen LogP contribution < -0.4 is 16.2 Å². The number of benzene rings is 2. The predicted molar refractivity (Wildman–Crippen MR) is 109 cm³/mol. The Morgan fingerprint density at radius 3 is 2.77 bits per heavy atom. The molecule has 1 aliphatic heterocycles. The number of H-pyrrole nitrogens is 1. The van der Waals surface area contributed by atoms with Crippen LogP contribution in [0.15, 0.2) is 47.4 Å². The van der Waals surface area contributed by atoms with Crippen molar-refractivity contribution in [3.8, 4) is 11.1 Å². The molecule has 2 aromatic carbocycles. The summed E-state index contributed by atoms with van der Waals surface area (Å²) in [5.41, 5.74) is 8.64. The average molecular weight is 404 g/mol. The van der Waals surface area contributed by atoms with Crippen molar-refractivity contribution in [3.05, 3.63) is 75.6 Å². The second-order valence-corrected chi connectivity index (χ2v) is 7.16. The third-order valence-corrected chi connectivity index (χ3v) is 5.41. The molecule has 0 aliphatic carbocycles. The van der Waals surface area contributed by atoms with Gasteiger partial charge in [-0.15, -0.1) is 0 Å². The molecular formula is C21H17FN6O2. The van der Waals surface area contributed by atoms with Crippen molar-refractivity contribution in [2.75, 3.05) is 4.90 Å². The van der Waals surface area contributed by atoms with Crippen LogP contribution >= 0.6 is 0 Å². The first kappa shape index (κ1) is 18.2. The van der Waals surface area contributed by atoms with E-state index in [2.05, 4.69) is 15.3 Å². The number of hydrogen-bond donors (Lipinski definition) is 2. The number of aromatic nitrogens is 4. The fraction of sp³-hybridized carbons (Fsp3) is 0.143. The maximum atomic E-state index is 13.6. The fourth-order valence-electron chi connectivity index (χ4n) is 3.96. The molecule has 1 aliphatic rings. The van der Waals surface area contributed by atoms with Crippen molar-refractivity contribution in [2.24, 2.45) is 12.8 Å². The van der Waals surface area contributed by atoms with E-state index in [1.54, 1.807) is 35.0 Å². The van der Waals surface area contributed by atoms with Crippen molar-refractivity contribution < 1.29 is 9.18 Å². The zero-order chi connectivity index (χ0) is 21.0. The summed E-state index contributed by atoms with van der Waals surface area (Å²) in [6, 6.07) is 9.50. The Morgan fingerprint density at radius 2 is 1.97 bits per heavy atom. The van der Waals surface area contributed by atoms with E-state index in [0.717, 1.165) is 5.56 Å². The van der Waals surface area contributed by atoms with Crippen molar-refractivity contribution in [1.82, 2.24) is 20.0 Å². The Bertz CT molecular complexity index is 1390. The highest BCUT2D eigenvalue weighted by Crippen LogP contribution is 2.36. The van der Waals surface area contributed by atoms with Crippen LogP contribution in [0.4, 0.5) is 10.2 Å². The molecule has 0 bridgehead atoms. The highest BCUT2D eigenvalue weighted by Gasteiger charge is 2.32. The van der Waals surface area contributed by atoms with Crippen molar-refractivity contribution in [3.63, 3.8) is 0 Å².